The lowest BCUT2D eigenvalue weighted by Gasteiger charge is -2.07. The van der Waals surface area contributed by atoms with Crippen LogP contribution in [0.3, 0.4) is 0 Å². The summed E-state index contributed by atoms with van der Waals surface area (Å²) in [7, 11) is 0. The minimum atomic E-state index is -4.28. The molecule has 1 aromatic heterocycles. The van der Waals surface area contributed by atoms with Crippen molar-refractivity contribution >= 4 is 10.9 Å². The van der Waals surface area contributed by atoms with E-state index in [0.29, 0.717) is 5.39 Å². The highest BCUT2D eigenvalue weighted by atomic mass is 19.4. The monoisotopic (exact) mass is 269 g/mol. The molecule has 0 radical (unpaired) electrons. The Morgan fingerprint density at radius 3 is 2.53 bits per heavy atom. The van der Waals surface area contributed by atoms with Gasteiger partial charge in [-0.2, -0.15) is 13.2 Å². The molecule has 2 aromatic rings. The first-order valence-electron chi connectivity index (χ1n) is 6.62. The second-order valence-electron chi connectivity index (χ2n) is 4.94. The van der Waals surface area contributed by atoms with Crippen LogP contribution in [0, 0.1) is 6.92 Å². The molecule has 1 aromatic carbocycles. The first kappa shape index (κ1) is 14.0. The van der Waals surface area contributed by atoms with Crippen LogP contribution in [-0.2, 0) is 12.6 Å². The number of unbranched alkanes of at least 4 members (excludes halogenated alkanes) is 2. The van der Waals surface area contributed by atoms with Gasteiger partial charge in [0.05, 0.1) is 5.56 Å². The predicted octanol–water partition coefficient (Wildman–Crippen LogP) is 5.23. The second kappa shape index (κ2) is 5.27. The van der Waals surface area contributed by atoms with Gasteiger partial charge in [0.1, 0.15) is 0 Å². The lowest BCUT2D eigenvalue weighted by atomic mass is 10.0. The van der Waals surface area contributed by atoms with Gasteiger partial charge in [0, 0.05) is 16.6 Å². The molecule has 0 spiro atoms. The maximum Gasteiger partial charge on any atom is 0.416 e. The number of fused-ring (bicyclic) bond motifs is 1. The summed E-state index contributed by atoms with van der Waals surface area (Å²) in [5.74, 6) is 0. The minimum Gasteiger partial charge on any atom is -0.358 e. The topological polar surface area (TPSA) is 15.8 Å². The first-order chi connectivity index (χ1) is 8.93. The van der Waals surface area contributed by atoms with Crippen LogP contribution in [0.4, 0.5) is 13.2 Å². The fraction of sp³-hybridized carbons (Fsp3) is 0.467. The van der Waals surface area contributed by atoms with E-state index in [2.05, 4.69) is 11.9 Å². The molecule has 0 amide bonds. The van der Waals surface area contributed by atoms with Crippen molar-refractivity contribution in [3.8, 4) is 0 Å². The van der Waals surface area contributed by atoms with Crippen LogP contribution in [0.2, 0.25) is 0 Å². The second-order valence-corrected chi connectivity index (χ2v) is 4.94. The maximum atomic E-state index is 12.8. The van der Waals surface area contributed by atoms with Crippen LogP contribution in [0.5, 0.6) is 0 Å². The quantitative estimate of drug-likeness (QED) is 0.732. The molecular weight excluding hydrogens is 251 g/mol. The third-order valence-corrected chi connectivity index (χ3v) is 3.48. The molecule has 0 unspecified atom stereocenters. The highest BCUT2D eigenvalue weighted by molar-refractivity contribution is 5.85. The summed E-state index contributed by atoms with van der Waals surface area (Å²) in [6, 6.07) is 3.92. The van der Waals surface area contributed by atoms with Gasteiger partial charge in [-0.3, -0.25) is 0 Å². The molecule has 19 heavy (non-hydrogen) atoms. The van der Waals surface area contributed by atoms with Gasteiger partial charge in [-0.15, -0.1) is 0 Å². The highest BCUT2D eigenvalue weighted by Gasteiger charge is 2.30. The molecule has 1 N–H and O–H groups in total. The molecule has 2 rings (SSSR count). The Bertz CT molecular complexity index is 567. The first-order valence-corrected chi connectivity index (χ1v) is 6.62. The van der Waals surface area contributed by atoms with Crippen LogP contribution in [-0.4, -0.2) is 4.98 Å². The minimum absolute atomic E-state index is 0.573. The van der Waals surface area contributed by atoms with E-state index in [9.17, 15) is 13.2 Å². The number of aromatic amines is 1. The summed E-state index contributed by atoms with van der Waals surface area (Å²) in [6.45, 7) is 4.04. The van der Waals surface area contributed by atoms with E-state index in [1.54, 1.807) is 0 Å². The Hall–Kier alpha value is -1.45. The van der Waals surface area contributed by atoms with Gasteiger partial charge in [-0.25, -0.2) is 0 Å². The third-order valence-electron chi connectivity index (χ3n) is 3.48. The zero-order valence-electron chi connectivity index (χ0n) is 11.2. The summed E-state index contributed by atoms with van der Waals surface area (Å²) in [5.41, 5.74) is 2.22. The van der Waals surface area contributed by atoms with E-state index in [1.165, 1.54) is 12.1 Å². The van der Waals surface area contributed by atoms with Gasteiger partial charge in [-0.1, -0.05) is 19.8 Å². The van der Waals surface area contributed by atoms with Crippen LogP contribution >= 0.6 is 0 Å². The van der Waals surface area contributed by atoms with Gasteiger partial charge < -0.3 is 4.98 Å². The number of halogens is 3. The molecule has 0 atom stereocenters. The van der Waals surface area contributed by atoms with E-state index < -0.39 is 11.7 Å². The lowest BCUT2D eigenvalue weighted by Crippen LogP contribution is -2.04. The number of hydrogen-bond acceptors (Lipinski definition) is 0. The van der Waals surface area contributed by atoms with Crippen molar-refractivity contribution in [1.29, 1.82) is 0 Å². The van der Waals surface area contributed by atoms with Crippen molar-refractivity contribution in [3.05, 3.63) is 35.0 Å². The molecule has 0 aliphatic carbocycles. The van der Waals surface area contributed by atoms with Gasteiger partial charge in [0.25, 0.3) is 0 Å². The smallest absolute Gasteiger partial charge is 0.358 e. The number of alkyl halides is 3. The van der Waals surface area contributed by atoms with Gasteiger partial charge >= 0.3 is 6.18 Å². The summed E-state index contributed by atoms with van der Waals surface area (Å²) in [5, 5.41) is 0.712. The molecule has 1 heterocycles. The zero-order chi connectivity index (χ0) is 14.0. The van der Waals surface area contributed by atoms with E-state index in [0.717, 1.165) is 48.5 Å². The normalized spacial score (nSPS) is 12.3. The molecule has 0 saturated heterocycles. The maximum absolute atomic E-state index is 12.8. The van der Waals surface area contributed by atoms with E-state index >= 15 is 0 Å². The Balaban J connectivity index is 2.41. The van der Waals surface area contributed by atoms with Crippen molar-refractivity contribution in [3.63, 3.8) is 0 Å². The summed E-state index contributed by atoms with van der Waals surface area (Å²) < 4.78 is 38.3. The summed E-state index contributed by atoms with van der Waals surface area (Å²) in [6.07, 6.45) is -0.220. The lowest BCUT2D eigenvalue weighted by molar-refractivity contribution is -0.137. The van der Waals surface area contributed by atoms with Crippen LogP contribution < -0.4 is 0 Å². The number of aryl methyl sites for hydroxylation is 2. The molecule has 0 saturated carbocycles. The fourth-order valence-corrected chi connectivity index (χ4v) is 2.43. The number of benzene rings is 1. The van der Waals surface area contributed by atoms with E-state index in [-0.39, 0.29) is 0 Å². The van der Waals surface area contributed by atoms with Crippen LogP contribution in [0.1, 0.15) is 43.0 Å². The molecular formula is C15H18F3N. The van der Waals surface area contributed by atoms with Crippen LogP contribution in [0.25, 0.3) is 10.9 Å². The van der Waals surface area contributed by atoms with Gasteiger partial charge in [-0.05, 0) is 43.5 Å². The van der Waals surface area contributed by atoms with E-state index in [1.807, 2.05) is 6.92 Å². The van der Waals surface area contributed by atoms with Crippen LogP contribution in [0.15, 0.2) is 18.2 Å². The molecule has 0 bridgehead atoms. The number of rotatable bonds is 4. The Labute approximate surface area is 110 Å². The Morgan fingerprint density at radius 1 is 1.16 bits per heavy atom. The van der Waals surface area contributed by atoms with Gasteiger partial charge in [0.15, 0.2) is 0 Å². The molecule has 1 nitrogen and oxygen atoms in total. The molecule has 0 aliphatic rings. The Morgan fingerprint density at radius 2 is 1.89 bits per heavy atom. The average molecular weight is 269 g/mol. The molecule has 0 fully saturated rings. The number of nitrogens with one attached hydrogen (secondary N) is 1. The highest BCUT2D eigenvalue weighted by Crippen LogP contribution is 2.33. The largest absolute Gasteiger partial charge is 0.416 e. The number of hydrogen-bond donors (Lipinski definition) is 1. The summed E-state index contributed by atoms with van der Waals surface area (Å²) in [4.78, 5) is 3.17. The SMILES string of the molecule is CCCCCc1c(C)[nH]c2ccc(C(F)(F)F)cc12. The van der Waals surface area contributed by atoms with Crippen molar-refractivity contribution in [2.75, 3.05) is 0 Å². The molecule has 0 aliphatic heterocycles. The van der Waals surface area contributed by atoms with Crippen molar-refractivity contribution in [2.24, 2.45) is 0 Å². The molecule has 104 valence electrons. The number of aromatic nitrogens is 1. The van der Waals surface area contributed by atoms with Crippen molar-refractivity contribution < 1.29 is 13.2 Å². The van der Waals surface area contributed by atoms with Crippen molar-refractivity contribution in [2.45, 2.75) is 45.7 Å². The summed E-state index contributed by atoms with van der Waals surface area (Å²) >= 11 is 0. The van der Waals surface area contributed by atoms with Gasteiger partial charge in [0.2, 0.25) is 0 Å². The third kappa shape index (κ3) is 2.94. The predicted molar refractivity (Wildman–Crippen MR) is 71.3 cm³/mol. The zero-order valence-corrected chi connectivity index (χ0v) is 11.2. The average Bonchev–Trinajstić information content (AvgIpc) is 2.64. The number of H-pyrrole nitrogens is 1. The van der Waals surface area contributed by atoms with E-state index in [4.69, 9.17) is 0 Å². The Kier molecular flexibility index (Phi) is 3.88. The molecule has 4 heteroatoms. The fourth-order valence-electron chi connectivity index (χ4n) is 2.43. The standard InChI is InChI=1S/C15H18F3N/c1-3-4-5-6-12-10(2)19-14-8-7-11(9-13(12)14)15(16,17)18/h7-9,19H,3-6H2,1-2H3. The van der Waals surface area contributed by atoms with Crippen molar-refractivity contribution in [1.82, 2.24) is 4.98 Å².